The average molecular weight is 290 g/mol. The number of hydrogen-bond acceptors (Lipinski definition) is 3. The molecule has 21 heavy (non-hydrogen) atoms. The zero-order valence-electron chi connectivity index (χ0n) is 14.0. The second kappa shape index (κ2) is 7.81. The molecule has 0 bridgehead atoms. The molecule has 0 amide bonds. The molecule has 1 fully saturated rings. The van der Waals surface area contributed by atoms with Crippen LogP contribution in [-0.2, 0) is 4.74 Å². The lowest BCUT2D eigenvalue weighted by atomic mass is 10.1. The maximum Gasteiger partial charge on any atom is 0.0755 e. The Hall–Kier alpha value is -1.06. The SMILES string of the molecule is CCCNCC1CCC(CN(C)c2ccc(C)cc2C)O1. The molecule has 0 radical (unpaired) electrons. The van der Waals surface area contributed by atoms with Gasteiger partial charge in [0.2, 0.25) is 0 Å². The molecule has 2 unspecified atom stereocenters. The van der Waals surface area contributed by atoms with E-state index in [0.29, 0.717) is 12.2 Å². The highest BCUT2D eigenvalue weighted by Crippen LogP contribution is 2.24. The monoisotopic (exact) mass is 290 g/mol. The van der Waals surface area contributed by atoms with E-state index < -0.39 is 0 Å². The Balaban J connectivity index is 1.82. The molecule has 2 atom stereocenters. The van der Waals surface area contributed by atoms with E-state index in [1.165, 1.54) is 36.1 Å². The van der Waals surface area contributed by atoms with Gasteiger partial charge >= 0.3 is 0 Å². The largest absolute Gasteiger partial charge is 0.372 e. The summed E-state index contributed by atoms with van der Waals surface area (Å²) >= 11 is 0. The fourth-order valence-electron chi connectivity index (χ4n) is 3.14. The lowest BCUT2D eigenvalue weighted by Crippen LogP contribution is -2.32. The summed E-state index contributed by atoms with van der Waals surface area (Å²) in [4.78, 5) is 2.33. The molecule has 2 rings (SSSR count). The first-order valence-corrected chi connectivity index (χ1v) is 8.24. The fraction of sp³-hybridized carbons (Fsp3) is 0.667. The van der Waals surface area contributed by atoms with Crippen LogP contribution < -0.4 is 10.2 Å². The summed E-state index contributed by atoms with van der Waals surface area (Å²) in [5.41, 5.74) is 3.98. The molecule has 1 N–H and O–H groups in total. The van der Waals surface area contributed by atoms with E-state index >= 15 is 0 Å². The van der Waals surface area contributed by atoms with Gasteiger partial charge in [0, 0.05) is 25.8 Å². The molecule has 118 valence electrons. The summed E-state index contributed by atoms with van der Waals surface area (Å²) in [5, 5.41) is 3.46. The number of aryl methyl sites for hydroxylation is 2. The predicted octanol–water partition coefficient (Wildman–Crippen LogP) is 3.29. The van der Waals surface area contributed by atoms with Crippen LogP contribution in [0, 0.1) is 13.8 Å². The van der Waals surface area contributed by atoms with Crippen LogP contribution in [0.5, 0.6) is 0 Å². The minimum absolute atomic E-state index is 0.365. The predicted molar refractivity (Wildman–Crippen MR) is 90.2 cm³/mol. The van der Waals surface area contributed by atoms with E-state index in [0.717, 1.165) is 19.6 Å². The van der Waals surface area contributed by atoms with E-state index in [4.69, 9.17) is 4.74 Å². The second-order valence-corrected chi connectivity index (χ2v) is 6.33. The van der Waals surface area contributed by atoms with Gasteiger partial charge in [-0.2, -0.15) is 0 Å². The molecule has 1 aromatic rings. The van der Waals surface area contributed by atoms with Gasteiger partial charge in [0.1, 0.15) is 0 Å². The van der Waals surface area contributed by atoms with Crippen molar-refractivity contribution in [2.45, 2.75) is 52.2 Å². The second-order valence-electron chi connectivity index (χ2n) is 6.33. The lowest BCUT2D eigenvalue weighted by Gasteiger charge is -2.25. The highest BCUT2D eigenvalue weighted by Gasteiger charge is 2.26. The molecule has 3 heteroatoms. The Morgan fingerprint density at radius 3 is 2.71 bits per heavy atom. The van der Waals surface area contributed by atoms with Gasteiger partial charge < -0.3 is 15.0 Å². The highest BCUT2D eigenvalue weighted by atomic mass is 16.5. The molecule has 0 saturated carbocycles. The quantitative estimate of drug-likeness (QED) is 0.780. The molecule has 1 aliphatic rings. The molecule has 0 aliphatic carbocycles. The Kier molecular flexibility index (Phi) is 6.07. The van der Waals surface area contributed by atoms with E-state index in [1.807, 2.05) is 0 Å². The molecule has 1 saturated heterocycles. The number of ether oxygens (including phenoxy) is 1. The molecule has 0 aromatic heterocycles. The van der Waals surface area contributed by atoms with E-state index in [-0.39, 0.29) is 0 Å². The summed E-state index contributed by atoms with van der Waals surface area (Å²) in [5.74, 6) is 0. The summed E-state index contributed by atoms with van der Waals surface area (Å²) in [7, 11) is 2.17. The number of rotatable bonds is 7. The Labute approximate surface area is 129 Å². The summed E-state index contributed by atoms with van der Waals surface area (Å²) in [6.45, 7) is 9.60. The summed E-state index contributed by atoms with van der Waals surface area (Å²) in [6.07, 6.45) is 4.31. The standard InChI is InChI=1S/C18H30N2O/c1-5-10-19-12-16-7-8-17(21-16)13-20(4)18-9-6-14(2)11-15(18)3/h6,9,11,16-17,19H,5,7-8,10,12-13H2,1-4H3. The van der Waals surface area contributed by atoms with Gasteiger partial charge in [-0.1, -0.05) is 24.6 Å². The third-order valence-electron chi connectivity index (χ3n) is 4.24. The Morgan fingerprint density at radius 2 is 2.00 bits per heavy atom. The topological polar surface area (TPSA) is 24.5 Å². The number of hydrogen-bond donors (Lipinski definition) is 1. The number of benzene rings is 1. The average Bonchev–Trinajstić information content (AvgIpc) is 2.86. The smallest absolute Gasteiger partial charge is 0.0755 e. The molecule has 3 nitrogen and oxygen atoms in total. The van der Waals surface area contributed by atoms with Crippen molar-refractivity contribution >= 4 is 5.69 Å². The molecular weight excluding hydrogens is 260 g/mol. The Bertz CT molecular complexity index is 447. The first kappa shape index (κ1) is 16.3. The maximum absolute atomic E-state index is 6.16. The Morgan fingerprint density at radius 1 is 1.24 bits per heavy atom. The zero-order valence-corrected chi connectivity index (χ0v) is 14.0. The van der Waals surface area contributed by atoms with Gasteiger partial charge in [-0.25, -0.2) is 0 Å². The molecule has 0 spiro atoms. The third kappa shape index (κ3) is 4.72. The third-order valence-corrected chi connectivity index (χ3v) is 4.24. The van der Waals surface area contributed by atoms with Crippen molar-refractivity contribution in [3.05, 3.63) is 29.3 Å². The van der Waals surface area contributed by atoms with Crippen LogP contribution >= 0.6 is 0 Å². The first-order valence-electron chi connectivity index (χ1n) is 8.24. The van der Waals surface area contributed by atoms with Crippen LogP contribution in [0.2, 0.25) is 0 Å². The van der Waals surface area contributed by atoms with Crippen LogP contribution in [0.1, 0.15) is 37.3 Å². The minimum atomic E-state index is 0.365. The van der Waals surface area contributed by atoms with E-state index in [1.54, 1.807) is 0 Å². The van der Waals surface area contributed by atoms with Crippen molar-refractivity contribution in [1.82, 2.24) is 5.32 Å². The van der Waals surface area contributed by atoms with Crippen LogP contribution in [0.15, 0.2) is 18.2 Å². The normalized spacial score (nSPS) is 21.7. The van der Waals surface area contributed by atoms with Crippen molar-refractivity contribution in [1.29, 1.82) is 0 Å². The van der Waals surface area contributed by atoms with E-state index in [9.17, 15) is 0 Å². The van der Waals surface area contributed by atoms with Crippen LogP contribution in [0.3, 0.4) is 0 Å². The van der Waals surface area contributed by atoms with Crippen molar-refractivity contribution in [2.24, 2.45) is 0 Å². The summed E-state index contributed by atoms with van der Waals surface area (Å²) in [6, 6.07) is 6.66. The van der Waals surface area contributed by atoms with Crippen LogP contribution in [0.4, 0.5) is 5.69 Å². The molecular formula is C18H30N2O. The molecule has 1 heterocycles. The van der Waals surface area contributed by atoms with Gasteiger partial charge in [0.25, 0.3) is 0 Å². The van der Waals surface area contributed by atoms with E-state index in [2.05, 4.69) is 56.2 Å². The van der Waals surface area contributed by atoms with Crippen molar-refractivity contribution in [3.63, 3.8) is 0 Å². The van der Waals surface area contributed by atoms with Gasteiger partial charge in [0.15, 0.2) is 0 Å². The summed E-state index contributed by atoms with van der Waals surface area (Å²) < 4.78 is 6.16. The lowest BCUT2D eigenvalue weighted by molar-refractivity contribution is 0.0501. The van der Waals surface area contributed by atoms with Gasteiger partial charge in [0.05, 0.1) is 12.2 Å². The van der Waals surface area contributed by atoms with Gasteiger partial charge in [-0.3, -0.25) is 0 Å². The highest BCUT2D eigenvalue weighted by molar-refractivity contribution is 5.53. The van der Waals surface area contributed by atoms with Gasteiger partial charge in [-0.05, 0) is 51.3 Å². The molecule has 1 aromatic carbocycles. The van der Waals surface area contributed by atoms with Gasteiger partial charge in [-0.15, -0.1) is 0 Å². The number of nitrogens with zero attached hydrogens (tertiary/aromatic N) is 1. The zero-order chi connectivity index (χ0) is 15.2. The maximum atomic E-state index is 6.16. The number of nitrogens with one attached hydrogen (secondary N) is 1. The molecule has 1 aliphatic heterocycles. The van der Waals surface area contributed by atoms with Crippen LogP contribution in [0.25, 0.3) is 0 Å². The number of anilines is 1. The minimum Gasteiger partial charge on any atom is -0.372 e. The number of likely N-dealkylation sites (N-methyl/N-ethyl adjacent to an activating group) is 1. The van der Waals surface area contributed by atoms with Crippen LogP contribution in [-0.4, -0.2) is 38.9 Å². The van der Waals surface area contributed by atoms with Crippen molar-refractivity contribution in [2.75, 3.05) is 31.6 Å². The fourth-order valence-corrected chi connectivity index (χ4v) is 3.14. The van der Waals surface area contributed by atoms with Crippen molar-refractivity contribution in [3.8, 4) is 0 Å². The first-order chi connectivity index (χ1) is 10.1. The van der Waals surface area contributed by atoms with Crippen molar-refractivity contribution < 1.29 is 4.74 Å².